The Bertz CT molecular complexity index is 121. The molecule has 0 saturated carbocycles. The minimum atomic E-state index is -1.27. The van der Waals surface area contributed by atoms with E-state index in [0.717, 1.165) is 0 Å². The van der Waals surface area contributed by atoms with Crippen molar-refractivity contribution in [2.24, 2.45) is 5.41 Å². The van der Waals surface area contributed by atoms with Crippen molar-refractivity contribution in [3.63, 3.8) is 0 Å². The van der Waals surface area contributed by atoms with Crippen LogP contribution in [0.3, 0.4) is 0 Å². The minimum Gasteiger partial charge on any atom is -1.00 e. The normalized spacial score (nSPS) is 13.6. The van der Waals surface area contributed by atoms with E-state index in [2.05, 4.69) is 0 Å². The summed E-state index contributed by atoms with van der Waals surface area (Å²) in [6, 6.07) is 0. The summed E-state index contributed by atoms with van der Waals surface area (Å²) in [4.78, 5) is 10.1. The SMILES string of the molecule is CC(C)(C)C(O)C(=O)O.[H-].[Na+]. The predicted molar refractivity (Wildman–Crippen MR) is 34.2 cm³/mol. The Labute approximate surface area is 84.2 Å². The number of aliphatic hydroxyl groups excluding tert-OH is 1. The summed E-state index contributed by atoms with van der Waals surface area (Å²) in [5, 5.41) is 17.1. The Kier molecular flexibility index (Phi) is 5.66. The second kappa shape index (κ2) is 4.34. The van der Waals surface area contributed by atoms with Crippen molar-refractivity contribution in [2.75, 3.05) is 0 Å². The van der Waals surface area contributed by atoms with Gasteiger partial charge in [-0.1, -0.05) is 20.8 Å². The summed E-state index contributed by atoms with van der Waals surface area (Å²) < 4.78 is 0. The molecule has 1 unspecified atom stereocenters. The molecule has 0 radical (unpaired) electrons. The average Bonchev–Trinajstić information content (AvgIpc) is 1.62. The second-order valence-corrected chi connectivity index (χ2v) is 3.11. The summed E-state index contributed by atoms with van der Waals surface area (Å²) in [5.74, 6) is -1.16. The van der Waals surface area contributed by atoms with Crippen molar-refractivity contribution in [3.05, 3.63) is 0 Å². The van der Waals surface area contributed by atoms with Gasteiger partial charge in [0, 0.05) is 0 Å². The fourth-order valence-electron chi connectivity index (χ4n) is 0.370. The number of aliphatic hydroxyl groups is 1. The van der Waals surface area contributed by atoms with E-state index in [1.54, 1.807) is 20.8 Å². The fourth-order valence-corrected chi connectivity index (χ4v) is 0.370. The van der Waals surface area contributed by atoms with Crippen LogP contribution in [0.2, 0.25) is 0 Å². The molecule has 1 atom stereocenters. The molecule has 3 nitrogen and oxygen atoms in total. The van der Waals surface area contributed by atoms with Crippen LogP contribution in [0.5, 0.6) is 0 Å². The molecule has 0 heterocycles. The van der Waals surface area contributed by atoms with Crippen molar-refractivity contribution in [2.45, 2.75) is 26.9 Å². The molecule has 10 heavy (non-hydrogen) atoms. The summed E-state index contributed by atoms with van der Waals surface area (Å²) in [6.07, 6.45) is -1.27. The van der Waals surface area contributed by atoms with E-state index < -0.39 is 17.5 Å². The van der Waals surface area contributed by atoms with Crippen molar-refractivity contribution in [3.8, 4) is 0 Å². The molecule has 0 spiro atoms. The monoisotopic (exact) mass is 156 g/mol. The predicted octanol–water partition coefficient (Wildman–Crippen LogP) is -2.41. The molecule has 0 aliphatic heterocycles. The molecule has 0 bridgehead atoms. The first-order valence-corrected chi connectivity index (χ1v) is 2.76. The zero-order valence-corrected chi connectivity index (χ0v) is 8.88. The molecular weight excluding hydrogens is 143 g/mol. The van der Waals surface area contributed by atoms with Gasteiger partial charge >= 0.3 is 35.5 Å². The van der Waals surface area contributed by atoms with Crippen LogP contribution in [-0.2, 0) is 4.79 Å². The van der Waals surface area contributed by atoms with Crippen LogP contribution in [0.1, 0.15) is 22.2 Å². The Hall–Kier alpha value is 0.430. The van der Waals surface area contributed by atoms with Crippen LogP contribution < -0.4 is 29.6 Å². The van der Waals surface area contributed by atoms with Crippen molar-refractivity contribution < 1.29 is 46.0 Å². The first-order chi connectivity index (χ1) is 3.85. The molecule has 0 aromatic carbocycles. The third-order valence-electron chi connectivity index (χ3n) is 1.05. The van der Waals surface area contributed by atoms with Gasteiger partial charge in [0.2, 0.25) is 0 Å². The molecule has 0 fully saturated rings. The smallest absolute Gasteiger partial charge is 1.00 e. The number of carbonyl (C=O) groups is 1. The van der Waals surface area contributed by atoms with Gasteiger partial charge in [-0.3, -0.25) is 0 Å². The molecule has 56 valence electrons. The van der Waals surface area contributed by atoms with Crippen LogP contribution in [0.25, 0.3) is 0 Å². The molecule has 0 saturated heterocycles. The van der Waals surface area contributed by atoms with E-state index in [0.29, 0.717) is 0 Å². The van der Waals surface area contributed by atoms with Gasteiger partial charge in [-0.05, 0) is 5.41 Å². The van der Waals surface area contributed by atoms with Gasteiger partial charge < -0.3 is 11.6 Å². The Balaban J connectivity index is -0.000000320. The van der Waals surface area contributed by atoms with Crippen molar-refractivity contribution >= 4 is 5.97 Å². The third kappa shape index (κ3) is 4.28. The molecule has 0 aliphatic carbocycles. The maximum atomic E-state index is 10.1. The molecule has 4 heteroatoms. The molecular formula is C6H13NaO3. The van der Waals surface area contributed by atoms with Crippen LogP contribution in [0.15, 0.2) is 0 Å². The first-order valence-electron chi connectivity index (χ1n) is 2.76. The van der Waals surface area contributed by atoms with Crippen LogP contribution in [0, 0.1) is 5.41 Å². The van der Waals surface area contributed by atoms with Gasteiger partial charge in [0.1, 0.15) is 0 Å². The quantitative estimate of drug-likeness (QED) is 0.416. The molecule has 2 N–H and O–H groups in total. The van der Waals surface area contributed by atoms with E-state index in [9.17, 15) is 4.79 Å². The van der Waals surface area contributed by atoms with Crippen LogP contribution in [-0.4, -0.2) is 22.3 Å². The third-order valence-corrected chi connectivity index (χ3v) is 1.05. The molecule has 0 aromatic rings. The van der Waals surface area contributed by atoms with Crippen LogP contribution in [0.4, 0.5) is 0 Å². The molecule has 0 amide bonds. The van der Waals surface area contributed by atoms with Crippen LogP contribution >= 0.6 is 0 Å². The Morgan fingerprint density at radius 3 is 1.80 bits per heavy atom. The Morgan fingerprint density at radius 2 is 1.80 bits per heavy atom. The zero-order chi connectivity index (χ0) is 7.65. The number of carboxylic acid groups (broad SMARTS) is 1. The van der Waals surface area contributed by atoms with Gasteiger partial charge in [-0.2, -0.15) is 0 Å². The van der Waals surface area contributed by atoms with Gasteiger partial charge in [-0.25, -0.2) is 4.79 Å². The first kappa shape index (κ1) is 13.1. The molecule has 0 aliphatic rings. The topological polar surface area (TPSA) is 57.5 Å². The fraction of sp³-hybridized carbons (Fsp3) is 0.833. The minimum absolute atomic E-state index is 0. The number of hydrogen-bond donors (Lipinski definition) is 2. The van der Waals surface area contributed by atoms with E-state index in [4.69, 9.17) is 10.2 Å². The van der Waals surface area contributed by atoms with E-state index in [1.165, 1.54) is 0 Å². The Morgan fingerprint density at radius 1 is 1.50 bits per heavy atom. The zero-order valence-electron chi connectivity index (χ0n) is 7.88. The number of aliphatic carboxylic acids is 1. The van der Waals surface area contributed by atoms with Crippen molar-refractivity contribution in [1.82, 2.24) is 0 Å². The summed E-state index contributed by atoms with van der Waals surface area (Å²) in [6.45, 7) is 5.02. The van der Waals surface area contributed by atoms with Crippen molar-refractivity contribution in [1.29, 1.82) is 0 Å². The number of rotatable bonds is 1. The number of hydrogen-bond acceptors (Lipinski definition) is 2. The maximum absolute atomic E-state index is 10.1. The van der Waals surface area contributed by atoms with Gasteiger partial charge in [-0.15, -0.1) is 0 Å². The van der Waals surface area contributed by atoms with Gasteiger partial charge in [0.25, 0.3) is 0 Å². The molecule has 0 rings (SSSR count). The maximum Gasteiger partial charge on any atom is 1.00 e. The van der Waals surface area contributed by atoms with E-state index >= 15 is 0 Å². The van der Waals surface area contributed by atoms with Gasteiger partial charge in [0.05, 0.1) is 0 Å². The largest absolute Gasteiger partial charge is 1.00 e. The second-order valence-electron chi connectivity index (χ2n) is 3.11. The van der Waals surface area contributed by atoms with E-state index in [-0.39, 0.29) is 31.0 Å². The summed E-state index contributed by atoms with van der Waals surface area (Å²) in [7, 11) is 0. The van der Waals surface area contributed by atoms with E-state index in [1.807, 2.05) is 0 Å². The summed E-state index contributed by atoms with van der Waals surface area (Å²) >= 11 is 0. The average molecular weight is 156 g/mol. The van der Waals surface area contributed by atoms with Gasteiger partial charge in [0.15, 0.2) is 6.10 Å². The standard InChI is InChI=1S/C6H12O3.Na.H/c1-6(2,3)4(7)5(8)9;;/h4,7H,1-3H3,(H,8,9);;/q;+1;-1. The summed E-state index contributed by atoms with van der Waals surface area (Å²) in [5.41, 5.74) is -0.564. The number of carboxylic acids is 1. The molecule has 0 aromatic heterocycles.